The minimum atomic E-state index is 0.485. The van der Waals surface area contributed by atoms with E-state index in [9.17, 15) is 4.79 Å². The number of nitrogens with zero attached hydrogens (tertiary/aromatic N) is 2. The van der Waals surface area contributed by atoms with Gasteiger partial charge in [0.15, 0.2) is 6.29 Å². The first kappa shape index (κ1) is 9.84. The first-order chi connectivity index (χ1) is 6.26. The summed E-state index contributed by atoms with van der Waals surface area (Å²) in [5.41, 5.74) is 1.35. The van der Waals surface area contributed by atoms with Gasteiger partial charge >= 0.3 is 0 Å². The number of aryl methyl sites for hydroxylation is 2. The van der Waals surface area contributed by atoms with Gasteiger partial charge in [-0.3, -0.25) is 4.79 Å². The lowest BCUT2D eigenvalue weighted by Crippen LogP contribution is -2.00. The van der Waals surface area contributed by atoms with Gasteiger partial charge in [-0.2, -0.15) is 0 Å². The van der Waals surface area contributed by atoms with Crippen molar-refractivity contribution in [2.75, 3.05) is 0 Å². The van der Waals surface area contributed by atoms with Gasteiger partial charge in [-0.25, -0.2) is 9.97 Å². The Hall–Kier alpha value is -1.25. The summed E-state index contributed by atoms with van der Waals surface area (Å²) in [5.74, 6) is 0.781. The maximum absolute atomic E-state index is 10.5. The van der Waals surface area contributed by atoms with Crippen LogP contribution in [-0.4, -0.2) is 16.3 Å². The molecule has 0 aliphatic heterocycles. The molecule has 0 unspecified atom stereocenters. The standard InChI is InChI=1S/C10H14N2O/c1-3-4-5-10-11-8(2)6-9(7-13)12-10/h6-7H,3-5H2,1-2H3. The molecule has 0 bridgehead atoms. The van der Waals surface area contributed by atoms with Crippen LogP contribution < -0.4 is 0 Å². The SMILES string of the molecule is CCCCc1nc(C)cc(C=O)n1. The van der Waals surface area contributed by atoms with Gasteiger partial charge in [0.2, 0.25) is 0 Å². The normalized spacial score (nSPS) is 10.0. The summed E-state index contributed by atoms with van der Waals surface area (Å²) in [7, 11) is 0. The number of aromatic nitrogens is 2. The van der Waals surface area contributed by atoms with Gasteiger partial charge in [0.1, 0.15) is 11.5 Å². The maximum atomic E-state index is 10.5. The zero-order valence-corrected chi connectivity index (χ0v) is 8.08. The van der Waals surface area contributed by atoms with Crippen LogP contribution in [0.2, 0.25) is 0 Å². The fourth-order valence-corrected chi connectivity index (χ4v) is 1.16. The molecule has 1 aromatic heterocycles. The Morgan fingerprint density at radius 1 is 1.46 bits per heavy atom. The summed E-state index contributed by atoms with van der Waals surface area (Å²) < 4.78 is 0. The molecule has 0 aromatic carbocycles. The topological polar surface area (TPSA) is 42.9 Å². The van der Waals surface area contributed by atoms with Crippen molar-refractivity contribution in [1.82, 2.24) is 9.97 Å². The summed E-state index contributed by atoms with van der Waals surface area (Å²) in [6.45, 7) is 4.00. The molecule has 3 nitrogen and oxygen atoms in total. The predicted octanol–water partition coefficient (Wildman–Crippen LogP) is 1.94. The fraction of sp³-hybridized carbons (Fsp3) is 0.500. The van der Waals surface area contributed by atoms with E-state index in [4.69, 9.17) is 0 Å². The minimum Gasteiger partial charge on any atom is -0.296 e. The molecule has 0 aliphatic carbocycles. The Labute approximate surface area is 78.2 Å². The molecule has 0 radical (unpaired) electrons. The Morgan fingerprint density at radius 2 is 2.23 bits per heavy atom. The number of hydrogen-bond acceptors (Lipinski definition) is 3. The second-order valence-corrected chi connectivity index (χ2v) is 3.07. The van der Waals surface area contributed by atoms with Crippen molar-refractivity contribution < 1.29 is 4.79 Å². The summed E-state index contributed by atoms with van der Waals surface area (Å²) in [6, 6.07) is 1.70. The van der Waals surface area contributed by atoms with Gasteiger partial charge < -0.3 is 0 Å². The zero-order chi connectivity index (χ0) is 9.68. The number of carbonyl (C=O) groups is 1. The van der Waals surface area contributed by atoms with Gasteiger partial charge in [0.05, 0.1) is 0 Å². The molecular formula is C10H14N2O. The van der Waals surface area contributed by atoms with Crippen LogP contribution in [0.1, 0.15) is 41.8 Å². The lowest BCUT2D eigenvalue weighted by Gasteiger charge is -2.00. The van der Waals surface area contributed by atoms with Crippen molar-refractivity contribution in [3.05, 3.63) is 23.3 Å². The van der Waals surface area contributed by atoms with Crippen molar-refractivity contribution in [3.63, 3.8) is 0 Å². The number of rotatable bonds is 4. The third-order valence-electron chi connectivity index (χ3n) is 1.80. The van der Waals surface area contributed by atoms with E-state index in [1.54, 1.807) is 6.07 Å². The van der Waals surface area contributed by atoms with Crippen LogP contribution in [0.3, 0.4) is 0 Å². The first-order valence-electron chi connectivity index (χ1n) is 4.56. The van der Waals surface area contributed by atoms with Crippen molar-refractivity contribution in [2.24, 2.45) is 0 Å². The lowest BCUT2D eigenvalue weighted by atomic mass is 10.2. The molecule has 13 heavy (non-hydrogen) atoms. The van der Waals surface area contributed by atoms with E-state index in [-0.39, 0.29) is 0 Å². The first-order valence-corrected chi connectivity index (χ1v) is 4.56. The largest absolute Gasteiger partial charge is 0.296 e. The molecule has 70 valence electrons. The van der Waals surface area contributed by atoms with Crippen LogP contribution in [-0.2, 0) is 6.42 Å². The average Bonchev–Trinajstić information content (AvgIpc) is 2.14. The number of unbranched alkanes of at least 4 members (excludes halogenated alkanes) is 1. The van der Waals surface area contributed by atoms with E-state index in [1.807, 2.05) is 6.92 Å². The van der Waals surface area contributed by atoms with E-state index in [0.29, 0.717) is 5.69 Å². The van der Waals surface area contributed by atoms with Gasteiger partial charge in [-0.15, -0.1) is 0 Å². The highest BCUT2D eigenvalue weighted by Gasteiger charge is 2.00. The van der Waals surface area contributed by atoms with E-state index >= 15 is 0 Å². The molecule has 0 aliphatic rings. The van der Waals surface area contributed by atoms with Crippen molar-refractivity contribution in [1.29, 1.82) is 0 Å². The Bertz CT molecular complexity index is 297. The van der Waals surface area contributed by atoms with Gasteiger partial charge in [0.25, 0.3) is 0 Å². The van der Waals surface area contributed by atoms with Crippen LogP contribution >= 0.6 is 0 Å². The molecule has 0 atom stereocenters. The molecule has 0 saturated carbocycles. The molecule has 0 N–H and O–H groups in total. The second kappa shape index (κ2) is 4.70. The van der Waals surface area contributed by atoms with Gasteiger partial charge in [-0.05, 0) is 19.4 Å². The molecule has 0 saturated heterocycles. The molecule has 0 fully saturated rings. The molecule has 1 rings (SSSR count). The molecule has 0 spiro atoms. The van der Waals surface area contributed by atoms with Crippen LogP contribution in [0.15, 0.2) is 6.07 Å². The maximum Gasteiger partial charge on any atom is 0.168 e. The van der Waals surface area contributed by atoms with E-state index in [0.717, 1.165) is 37.1 Å². The summed E-state index contributed by atoms with van der Waals surface area (Å²) in [6.07, 6.45) is 3.82. The molecule has 0 amide bonds. The number of aldehydes is 1. The third-order valence-corrected chi connectivity index (χ3v) is 1.80. The van der Waals surface area contributed by atoms with Gasteiger partial charge in [0, 0.05) is 12.1 Å². The Morgan fingerprint density at radius 3 is 2.85 bits per heavy atom. The Kier molecular flexibility index (Phi) is 3.55. The molecular weight excluding hydrogens is 164 g/mol. The average molecular weight is 178 g/mol. The van der Waals surface area contributed by atoms with Crippen molar-refractivity contribution in [2.45, 2.75) is 33.1 Å². The summed E-state index contributed by atoms with van der Waals surface area (Å²) in [5, 5.41) is 0. The van der Waals surface area contributed by atoms with Crippen LogP contribution in [0.5, 0.6) is 0 Å². The number of hydrogen-bond donors (Lipinski definition) is 0. The molecule has 1 aromatic rings. The summed E-state index contributed by atoms with van der Waals surface area (Å²) in [4.78, 5) is 18.9. The van der Waals surface area contributed by atoms with Gasteiger partial charge in [-0.1, -0.05) is 13.3 Å². The minimum absolute atomic E-state index is 0.485. The lowest BCUT2D eigenvalue weighted by molar-refractivity contribution is 0.111. The fourth-order valence-electron chi connectivity index (χ4n) is 1.16. The Balaban J connectivity index is 2.81. The van der Waals surface area contributed by atoms with Crippen molar-refractivity contribution in [3.8, 4) is 0 Å². The predicted molar refractivity (Wildman–Crippen MR) is 50.8 cm³/mol. The van der Waals surface area contributed by atoms with Crippen molar-refractivity contribution >= 4 is 6.29 Å². The molecule has 1 heterocycles. The van der Waals surface area contributed by atoms with E-state index in [1.165, 1.54) is 0 Å². The van der Waals surface area contributed by atoms with Crippen LogP contribution in [0, 0.1) is 6.92 Å². The highest BCUT2D eigenvalue weighted by atomic mass is 16.1. The highest BCUT2D eigenvalue weighted by molar-refractivity contribution is 5.71. The van der Waals surface area contributed by atoms with Crippen LogP contribution in [0.25, 0.3) is 0 Å². The highest BCUT2D eigenvalue weighted by Crippen LogP contribution is 2.02. The monoisotopic (exact) mass is 178 g/mol. The van der Waals surface area contributed by atoms with E-state index < -0.39 is 0 Å². The molecule has 3 heteroatoms. The smallest absolute Gasteiger partial charge is 0.168 e. The second-order valence-electron chi connectivity index (χ2n) is 3.07. The van der Waals surface area contributed by atoms with E-state index in [2.05, 4.69) is 16.9 Å². The number of carbonyl (C=O) groups excluding carboxylic acids is 1. The third kappa shape index (κ3) is 2.93. The summed E-state index contributed by atoms with van der Waals surface area (Å²) >= 11 is 0. The van der Waals surface area contributed by atoms with Crippen LogP contribution in [0.4, 0.5) is 0 Å². The quantitative estimate of drug-likeness (QED) is 0.662. The zero-order valence-electron chi connectivity index (χ0n) is 8.08.